The van der Waals surface area contributed by atoms with E-state index in [9.17, 15) is 9.59 Å². The fourth-order valence-corrected chi connectivity index (χ4v) is 3.90. The van der Waals surface area contributed by atoms with E-state index in [1.807, 2.05) is 88.4 Å². The lowest BCUT2D eigenvalue weighted by molar-refractivity contribution is 0.0540. The van der Waals surface area contributed by atoms with Crippen LogP contribution in [0.2, 0.25) is 0 Å². The van der Waals surface area contributed by atoms with Crippen molar-refractivity contribution in [2.24, 2.45) is 5.41 Å². The van der Waals surface area contributed by atoms with Crippen molar-refractivity contribution in [1.29, 1.82) is 0 Å². The highest BCUT2D eigenvalue weighted by atomic mass is 16.6. The van der Waals surface area contributed by atoms with Gasteiger partial charge in [0, 0.05) is 24.0 Å². The Morgan fingerprint density at radius 1 is 0.875 bits per heavy atom. The fourth-order valence-electron chi connectivity index (χ4n) is 3.90. The number of anilines is 4. The number of carbonyl (C=O) groups is 2. The van der Waals surface area contributed by atoms with Crippen LogP contribution in [0.4, 0.5) is 32.3 Å². The topological polar surface area (TPSA) is 106 Å². The van der Waals surface area contributed by atoms with Gasteiger partial charge < -0.3 is 25.4 Å². The van der Waals surface area contributed by atoms with Crippen molar-refractivity contribution in [3.8, 4) is 0 Å². The van der Waals surface area contributed by atoms with Crippen LogP contribution in [0.5, 0.6) is 0 Å². The van der Waals surface area contributed by atoms with Gasteiger partial charge in [0.1, 0.15) is 12.2 Å². The number of rotatable bonds is 8. The molecule has 8 heteroatoms. The average molecular weight is 547 g/mol. The molecule has 0 aliphatic heterocycles. The summed E-state index contributed by atoms with van der Waals surface area (Å²) in [6.07, 6.45) is -0.897. The smallest absolute Gasteiger partial charge is 0.412 e. The van der Waals surface area contributed by atoms with E-state index >= 15 is 0 Å². The Balaban J connectivity index is 1.71. The van der Waals surface area contributed by atoms with Crippen LogP contribution in [0.1, 0.15) is 59.6 Å². The molecule has 0 heterocycles. The number of nitrogens with two attached hydrogens (primary N) is 1. The van der Waals surface area contributed by atoms with Gasteiger partial charge in [-0.1, -0.05) is 63.2 Å². The Morgan fingerprint density at radius 3 is 2.17 bits per heavy atom. The highest BCUT2D eigenvalue weighted by molar-refractivity contribution is 5.86. The standard InChI is InChI=1S/C32H42N4O4/c1-22(31(2,3)4)36(30(38)39-21-23-12-9-8-10-13-23)20-24-16-17-28(27(33)18-24)34-25-14-11-15-26(19-25)35-29(37)40-32(5,6)7/h8-19,22,34H,20-21,33H2,1-7H3,(H,35,37)/t22-/m0/s1. The van der Waals surface area contributed by atoms with E-state index in [1.54, 1.807) is 17.0 Å². The van der Waals surface area contributed by atoms with E-state index in [-0.39, 0.29) is 24.2 Å². The van der Waals surface area contributed by atoms with Gasteiger partial charge in [-0.25, -0.2) is 9.59 Å². The quantitative estimate of drug-likeness (QED) is 0.248. The molecule has 0 saturated carbocycles. The Bertz CT molecular complexity index is 1300. The SMILES string of the molecule is C[C@H](N(Cc1ccc(Nc2cccc(NC(=O)OC(C)(C)C)c2)c(N)c1)C(=O)OCc1ccccc1)C(C)(C)C. The summed E-state index contributed by atoms with van der Waals surface area (Å²) >= 11 is 0. The van der Waals surface area contributed by atoms with Crippen molar-refractivity contribution in [1.82, 2.24) is 4.90 Å². The Labute approximate surface area is 237 Å². The zero-order chi connectivity index (χ0) is 29.5. The van der Waals surface area contributed by atoms with Crippen molar-refractivity contribution < 1.29 is 19.1 Å². The predicted molar refractivity (Wildman–Crippen MR) is 162 cm³/mol. The van der Waals surface area contributed by atoms with Crippen LogP contribution in [0.15, 0.2) is 72.8 Å². The van der Waals surface area contributed by atoms with Gasteiger partial charge in [-0.3, -0.25) is 5.32 Å². The van der Waals surface area contributed by atoms with Crippen LogP contribution in [0.3, 0.4) is 0 Å². The minimum atomic E-state index is -0.588. The number of ether oxygens (including phenoxy) is 2. The summed E-state index contributed by atoms with van der Waals surface area (Å²) in [6.45, 7) is 14.3. The van der Waals surface area contributed by atoms with Crippen LogP contribution in [-0.4, -0.2) is 28.7 Å². The predicted octanol–water partition coefficient (Wildman–Crippen LogP) is 7.93. The lowest BCUT2D eigenvalue weighted by atomic mass is 9.87. The number of hydrogen-bond donors (Lipinski definition) is 3. The van der Waals surface area contributed by atoms with E-state index in [1.165, 1.54) is 0 Å². The first-order valence-corrected chi connectivity index (χ1v) is 13.4. The minimum absolute atomic E-state index is 0.0880. The molecule has 3 aromatic carbocycles. The van der Waals surface area contributed by atoms with Gasteiger partial charge in [0.25, 0.3) is 0 Å². The summed E-state index contributed by atoms with van der Waals surface area (Å²) in [6, 6.07) is 22.5. The molecule has 0 spiro atoms. The molecule has 0 fully saturated rings. The Hall–Kier alpha value is -4.20. The van der Waals surface area contributed by atoms with Crippen molar-refractivity contribution in [2.75, 3.05) is 16.4 Å². The van der Waals surface area contributed by atoms with Gasteiger partial charge in [-0.15, -0.1) is 0 Å². The van der Waals surface area contributed by atoms with Crippen LogP contribution in [0, 0.1) is 5.41 Å². The van der Waals surface area contributed by atoms with E-state index in [0.29, 0.717) is 23.6 Å². The number of nitrogens with zero attached hydrogens (tertiary/aromatic N) is 1. The molecule has 1 atom stereocenters. The molecule has 0 aliphatic carbocycles. The third kappa shape index (κ3) is 9.22. The molecule has 3 aromatic rings. The number of benzene rings is 3. The zero-order valence-electron chi connectivity index (χ0n) is 24.6. The molecule has 4 N–H and O–H groups in total. The molecule has 0 unspecified atom stereocenters. The molecule has 0 saturated heterocycles. The van der Waals surface area contributed by atoms with Crippen LogP contribution >= 0.6 is 0 Å². The lowest BCUT2D eigenvalue weighted by Crippen LogP contribution is -2.45. The van der Waals surface area contributed by atoms with Crippen LogP contribution in [-0.2, 0) is 22.6 Å². The van der Waals surface area contributed by atoms with Crippen molar-refractivity contribution in [2.45, 2.75) is 73.3 Å². The van der Waals surface area contributed by atoms with E-state index in [0.717, 1.165) is 16.8 Å². The maximum atomic E-state index is 13.2. The zero-order valence-corrected chi connectivity index (χ0v) is 24.6. The Kier molecular flexibility index (Phi) is 9.69. The van der Waals surface area contributed by atoms with Crippen molar-refractivity contribution in [3.05, 3.63) is 83.9 Å². The molecule has 214 valence electrons. The summed E-state index contributed by atoms with van der Waals surface area (Å²) < 4.78 is 11.0. The average Bonchev–Trinajstić information content (AvgIpc) is 2.86. The van der Waals surface area contributed by atoms with E-state index in [4.69, 9.17) is 15.2 Å². The molecule has 0 aromatic heterocycles. The molecule has 2 amide bonds. The van der Waals surface area contributed by atoms with Gasteiger partial charge >= 0.3 is 12.2 Å². The molecule has 0 bridgehead atoms. The second-order valence-corrected chi connectivity index (χ2v) is 12.0. The number of amides is 2. The van der Waals surface area contributed by atoms with Gasteiger partial charge in [-0.2, -0.15) is 0 Å². The number of nitrogens with one attached hydrogen (secondary N) is 2. The third-order valence-electron chi connectivity index (χ3n) is 6.42. The maximum absolute atomic E-state index is 13.2. The maximum Gasteiger partial charge on any atom is 0.412 e. The fraction of sp³-hybridized carbons (Fsp3) is 0.375. The van der Waals surface area contributed by atoms with Gasteiger partial charge in [-0.05, 0) is 74.6 Å². The molecular formula is C32H42N4O4. The monoisotopic (exact) mass is 546 g/mol. The second kappa shape index (κ2) is 12.8. The van der Waals surface area contributed by atoms with E-state index in [2.05, 4.69) is 31.4 Å². The molecule has 3 rings (SSSR count). The summed E-state index contributed by atoms with van der Waals surface area (Å²) in [7, 11) is 0. The van der Waals surface area contributed by atoms with Gasteiger partial charge in [0.2, 0.25) is 0 Å². The number of nitrogen functional groups attached to an aromatic ring is 1. The highest BCUT2D eigenvalue weighted by Gasteiger charge is 2.31. The lowest BCUT2D eigenvalue weighted by Gasteiger charge is -2.37. The first kappa shape index (κ1) is 30.3. The summed E-state index contributed by atoms with van der Waals surface area (Å²) in [5.74, 6) is 0. The van der Waals surface area contributed by atoms with Gasteiger partial charge in [0.15, 0.2) is 0 Å². The minimum Gasteiger partial charge on any atom is -0.445 e. The molecular weight excluding hydrogens is 504 g/mol. The Morgan fingerprint density at radius 2 is 1.55 bits per heavy atom. The van der Waals surface area contributed by atoms with Crippen LogP contribution < -0.4 is 16.4 Å². The highest BCUT2D eigenvalue weighted by Crippen LogP contribution is 2.29. The van der Waals surface area contributed by atoms with Crippen molar-refractivity contribution in [3.63, 3.8) is 0 Å². The van der Waals surface area contributed by atoms with Crippen molar-refractivity contribution >= 4 is 34.9 Å². The summed E-state index contributed by atoms with van der Waals surface area (Å²) in [5, 5.41) is 6.04. The first-order chi connectivity index (χ1) is 18.7. The largest absolute Gasteiger partial charge is 0.445 e. The third-order valence-corrected chi connectivity index (χ3v) is 6.42. The number of carbonyl (C=O) groups excluding carboxylic acids is 2. The first-order valence-electron chi connectivity index (χ1n) is 13.4. The molecule has 40 heavy (non-hydrogen) atoms. The van der Waals surface area contributed by atoms with Crippen LogP contribution in [0.25, 0.3) is 0 Å². The second-order valence-electron chi connectivity index (χ2n) is 12.0. The molecule has 0 aliphatic rings. The summed E-state index contributed by atoms with van der Waals surface area (Å²) in [5.41, 5.74) is 10.1. The van der Waals surface area contributed by atoms with Gasteiger partial charge in [0.05, 0.1) is 11.4 Å². The van der Waals surface area contributed by atoms with E-state index < -0.39 is 11.7 Å². The summed E-state index contributed by atoms with van der Waals surface area (Å²) in [4.78, 5) is 27.1. The molecule has 8 nitrogen and oxygen atoms in total. The normalized spacial score (nSPS) is 12.3. The molecule has 0 radical (unpaired) electrons. The number of hydrogen-bond acceptors (Lipinski definition) is 6.